The molecule has 0 aromatic rings. The number of alkyl halides is 1. The third-order valence-electron chi connectivity index (χ3n) is 1.96. The lowest BCUT2D eigenvalue weighted by Gasteiger charge is -2.19. The summed E-state index contributed by atoms with van der Waals surface area (Å²) in [6, 6.07) is 0. The maximum absolute atomic E-state index is 5.40. The van der Waals surface area contributed by atoms with Gasteiger partial charge in [-0.3, -0.25) is 0 Å². The van der Waals surface area contributed by atoms with Gasteiger partial charge in [-0.15, -0.1) is 0 Å². The van der Waals surface area contributed by atoms with Gasteiger partial charge in [-0.2, -0.15) is 0 Å². The molecule has 0 aromatic heterocycles. The average molecular weight is 264 g/mol. The second-order valence-corrected chi connectivity index (χ2v) is 4.07. The summed E-state index contributed by atoms with van der Waals surface area (Å²) in [4.78, 5) is 0. The molecule has 11 heavy (non-hydrogen) atoms. The van der Waals surface area contributed by atoms with Gasteiger partial charge in [0.25, 0.3) is 0 Å². The maximum atomic E-state index is 5.40. The van der Waals surface area contributed by atoms with Gasteiger partial charge in [-0.1, -0.05) is 34.2 Å². The zero-order valence-electron chi connectivity index (χ0n) is 6.21. The van der Waals surface area contributed by atoms with Gasteiger partial charge in [0, 0.05) is 0 Å². The summed E-state index contributed by atoms with van der Waals surface area (Å²) >= 11 is 2.39. The Balaban J connectivity index is 2.29. The molecule has 0 amide bonds. The van der Waals surface area contributed by atoms with E-state index in [1.165, 1.54) is 5.57 Å². The highest BCUT2D eigenvalue weighted by Crippen LogP contribution is 2.32. The van der Waals surface area contributed by atoms with Gasteiger partial charge in [-0.25, -0.2) is 0 Å². The second kappa shape index (κ2) is 2.79. The van der Waals surface area contributed by atoms with E-state index in [-0.39, 0.29) is 6.10 Å². The van der Waals surface area contributed by atoms with Gasteiger partial charge in [0.1, 0.15) is 11.9 Å². The van der Waals surface area contributed by atoms with E-state index in [9.17, 15) is 0 Å². The summed E-state index contributed by atoms with van der Waals surface area (Å²) in [6.45, 7) is 2.53. The van der Waals surface area contributed by atoms with E-state index in [0.29, 0.717) is 10.7 Å². The Morgan fingerprint density at radius 2 is 2.36 bits per heavy atom. The van der Waals surface area contributed by atoms with Crippen LogP contribution in [0.15, 0.2) is 23.5 Å². The topological polar surface area (TPSA) is 18.5 Å². The molecule has 0 spiro atoms. The van der Waals surface area contributed by atoms with Gasteiger partial charge in [0.05, 0.1) is 3.92 Å². The first-order valence-electron chi connectivity index (χ1n) is 3.56. The minimum absolute atomic E-state index is 0.167. The summed E-state index contributed by atoms with van der Waals surface area (Å²) in [7, 11) is 0. The van der Waals surface area contributed by atoms with Gasteiger partial charge < -0.3 is 9.47 Å². The normalized spacial score (nSPS) is 35.5. The lowest BCUT2D eigenvalue weighted by molar-refractivity contribution is 0.0528. The fourth-order valence-electron chi connectivity index (χ4n) is 1.26. The van der Waals surface area contributed by atoms with E-state index in [1.54, 1.807) is 0 Å². The van der Waals surface area contributed by atoms with Crippen LogP contribution in [0, 0.1) is 0 Å². The zero-order chi connectivity index (χ0) is 7.84. The highest BCUT2D eigenvalue weighted by molar-refractivity contribution is 14.1. The van der Waals surface area contributed by atoms with E-state index < -0.39 is 0 Å². The van der Waals surface area contributed by atoms with Crippen molar-refractivity contribution in [3.8, 4) is 0 Å². The molecule has 0 bridgehead atoms. The van der Waals surface area contributed by atoms with Crippen LogP contribution in [0.1, 0.15) is 6.92 Å². The van der Waals surface area contributed by atoms with Crippen molar-refractivity contribution >= 4 is 22.6 Å². The van der Waals surface area contributed by atoms with Crippen molar-refractivity contribution in [2.75, 3.05) is 6.79 Å². The lowest BCUT2D eigenvalue weighted by atomic mass is 10.0. The monoisotopic (exact) mass is 264 g/mol. The molecule has 3 heteroatoms. The first kappa shape index (κ1) is 7.61. The Hall–Kier alpha value is -0.0300. The zero-order valence-corrected chi connectivity index (χ0v) is 8.37. The standard InChI is InChI=1S/C8H9IO2/c1-5-2-3-6-8(7(5)9)11-4-10-6/h2-3,7-8H,4H2,1H3. The number of ether oxygens (including phenoxy) is 2. The van der Waals surface area contributed by atoms with E-state index >= 15 is 0 Å². The van der Waals surface area contributed by atoms with Crippen LogP contribution < -0.4 is 0 Å². The number of hydrogen-bond donors (Lipinski definition) is 0. The number of rotatable bonds is 0. The molecule has 0 N–H and O–H groups in total. The third-order valence-corrected chi connectivity index (χ3v) is 3.60. The first-order chi connectivity index (χ1) is 5.29. The summed E-state index contributed by atoms with van der Waals surface area (Å²) in [5.74, 6) is 0.981. The molecule has 2 nitrogen and oxygen atoms in total. The van der Waals surface area contributed by atoms with Crippen LogP contribution in [0.5, 0.6) is 0 Å². The molecule has 0 radical (unpaired) electrons. The van der Waals surface area contributed by atoms with Crippen LogP contribution in [0.25, 0.3) is 0 Å². The molecular formula is C8H9IO2. The van der Waals surface area contributed by atoms with Crippen LogP contribution in [0.3, 0.4) is 0 Å². The van der Waals surface area contributed by atoms with Crippen molar-refractivity contribution in [3.05, 3.63) is 23.5 Å². The molecule has 1 saturated heterocycles. The van der Waals surface area contributed by atoms with Crippen molar-refractivity contribution in [2.45, 2.75) is 17.0 Å². The van der Waals surface area contributed by atoms with Crippen LogP contribution in [-0.2, 0) is 9.47 Å². The van der Waals surface area contributed by atoms with Gasteiger partial charge >= 0.3 is 0 Å². The highest BCUT2D eigenvalue weighted by Gasteiger charge is 2.32. The summed E-state index contributed by atoms with van der Waals surface area (Å²) in [6.07, 6.45) is 4.26. The van der Waals surface area contributed by atoms with Crippen LogP contribution in [0.4, 0.5) is 0 Å². The first-order valence-corrected chi connectivity index (χ1v) is 4.80. The molecule has 0 aromatic carbocycles. The number of fused-ring (bicyclic) bond motifs is 1. The molecule has 2 unspecified atom stereocenters. The van der Waals surface area contributed by atoms with Crippen molar-refractivity contribution < 1.29 is 9.47 Å². The highest BCUT2D eigenvalue weighted by atomic mass is 127. The van der Waals surface area contributed by atoms with Gasteiger partial charge in [0.2, 0.25) is 0 Å². The van der Waals surface area contributed by atoms with Crippen LogP contribution >= 0.6 is 22.6 Å². The molecule has 0 saturated carbocycles. The summed E-state index contributed by atoms with van der Waals surface area (Å²) in [5, 5.41) is 0. The minimum atomic E-state index is 0.167. The Kier molecular flexibility index (Phi) is 1.93. The van der Waals surface area contributed by atoms with E-state index in [0.717, 1.165) is 5.76 Å². The predicted molar refractivity (Wildman–Crippen MR) is 50.5 cm³/mol. The summed E-state index contributed by atoms with van der Waals surface area (Å²) in [5.41, 5.74) is 1.35. The molecule has 1 heterocycles. The van der Waals surface area contributed by atoms with Crippen molar-refractivity contribution in [3.63, 3.8) is 0 Å². The number of hydrogen-bond acceptors (Lipinski definition) is 2. The second-order valence-electron chi connectivity index (χ2n) is 2.73. The molecule has 2 rings (SSSR count). The predicted octanol–water partition coefficient (Wildman–Crippen LogP) is 2.01. The Bertz CT molecular complexity index is 232. The van der Waals surface area contributed by atoms with Crippen molar-refractivity contribution in [1.29, 1.82) is 0 Å². The molecule has 60 valence electrons. The number of halogens is 1. The molecule has 1 aliphatic carbocycles. The smallest absolute Gasteiger partial charge is 0.189 e. The minimum Gasteiger partial charge on any atom is -0.469 e. The van der Waals surface area contributed by atoms with E-state index in [4.69, 9.17) is 9.47 Å². The van der Waals surface area contributed by atoms with Gasteiger partial charge in [-0.05, 0) is 13.0 Å². The van der Waals surface area contributed by atoms with Gasteiger partial charge in [0.15, 0.2) is 6.79 Å². The molecule has 2 aliphatic rings. The SMILES string of the molecule is CC1=CC=C2OCOC2C1I. The molecule has 1 fully saturated rings. The van der Waals surface area contributed by atoms with E-state index in [2.05, 4.69) is 35.6 Å². The van der Waals surface area contributed by atoms with Crippen molar-refractivity contribution in [2.24, 2.45) is 0 Å². The molecule has 2 atom stereocenters. The fraction of sp³-hybridized carbons (Fsp3) is 0.500. The quantitative estimate of drug-likeness (QED) is 0.492. The largest absolute Gasteiger partial charge is 0.469 e. The number of allylic oxidation sites excluding steroid dienone is 2. The van der Waals surface area contributed by atoms with Crippen LogP contribution in [-0.4, -0.2) is 16.8 Å². The lowest BCUT2D eigenvalue weighted by Crippen LogP contribution is -2.24. The summed E-state index contributed by atoms with van der Waals surface area (Å²) < 4.78 is 11.1. The van der Waals surface area contributed by atoms with Crippen molar-refractivity contribution in [1.82, 2.24) is 0 Å². The Labute approximate surface area is 79.4 Å². The van der Waals surface area contributed by atoms with Crippen LogP contribution in [0.2, 0.25) is 0 Å². The molecular weight excluding hydrogens is 255 g/mol. The maximum Gasteiger partial charge on any atom is 0.189 e. The Morgan fingerprint density at radius 3 is 3.18 bits per heavy atom. The molecule has 1 aliphatic heterocycles. The average Bonchev–Trinajstić information content (AvgIpc) is 2.45. The fourth-order valence-corrected chi connectivity index (χ4v) is 2.03. The third kappa shape index (κ3) is 1.20. The van der Waals surface area contributed by atoms with E-state index in [1.807, 2.05) is 6.08 Å². The Morgan fingerprint density at radius 1 is 1.55 bits per heavy atom.